The topological polar surface area (TPSA) is 55.8 Å². The lowest BCUT2D eigenvalue weighted by Gasteiger charge is -2.32. The van der Waals surface area contributed by atoms with Gasteiger partial charge in [-0.1, -0.05) is 38.3 Å². The predicted molar refractivity (Wildman–Crippen MR) is 104 cm³/mol. The lowest BCUT2D eigenvalue weighted by Crippen LogP contribution is -2.29. The summed E-state index contributed by atoms with van der Waals surface area (Å²) in [4.78, 5) is 12.3. The highest BCUT2D eigenvalue weighted by molar-refractivity contribution is 5.71. The van der Waals surface area contributed by atoms with Crippen LogP contribution in [0, 0.1) is 17.8 Å². The van der Waals surface area contributed by atoms with Gasteiger partial charge in [-0.15, -0.1) is 0 Å². The maximum Gasteiger partial charge on any atom is 0.344 e. The van der Waals surface area contributed by atoms with E-state index in [-0.39, 0.29) is 24.8 Å². The van der Waals surface area contributed by atoms with Gasteiger partial charge in [0.15, 0.2) is 6.61 Å². The van der Waals surface area contributed by atoms with E-state index < -0.39 is 0 Å². The Morgan fingerprint density at radius 3 is 2.96 bits per heavy atom. The Bertz CT molecular complexity index is 670. The van der Waals surface area contributed by atoms with E-state index in [2.05, 4.69) is 13.0 Å². The van der Waals surface area contributed by atoms with E-state index in [1.54, 1.807) is 0 Å². The van der Waals surface area contributed by atoms with Crippen LogP contribution in [0.3, 0.4) is 0 Å². The molecule has 4 heteroatoms. The van der Waals surface area contributed by atoms with Crippen molar-refractivity contribution in [1.82, 2.24) is 0 Å². The zero-order chi connectivity index (χ0) is 18.8. The molecule has 4 rings (SSSR count). The Morgan fingerprint density at radius 2 is 2.11 bits per heavy atom. The molecule has 0 spiro atoms. The summed E-state index contributed by atoms with van der Waals surface area (Å²) < 4.78 is 11.6. The number of rotatable bonds is 7. The fourth-order valence-electron chi connectivity index (χ4n) is 5.55. The van der Waals surface area contributed by atoms with Crippen LogP contribution in [-0.4, -0.2) is 29.9 Å². The van der Waals surface area contributed by atoms with Gasteiger partial charge in [0.2, 0.25) is 0 Å². The smallest absolute Gasteiger partial charge is 0.344 e. The zero-order valence-corrected chi connectivity index (χ0v) is 16.4. The first kappa shape index (κ1) is 18.8. The summed E-state index contributed by atoms with van der Waals surface area (Å²) in [5.74, 6) is 2.06. The third kappa shape index (κ3) is 4.01. The van der Waals surface area contributed by atoms with Gasteiger partial charge in [0.25, 0.3) is 0 Å². The molecule has 4 nitrogen and oxygen atoms in total. The van der Waals surface area contributed by atoms with Crippen LogP contribution in [0.4, 0.5) is 0 Å². The molecule has 148 valence electrons. The third-order valence-electron chi connectivity index (χ3n) is 6.92. The van der Waals surface area contributed by atoms with E-state index in [1.807, 2.05) is 12.1 Å². The van der Waals surface area contributed by atoms with Gasteiger partial charge in [-0.25, -0.2) is 4.79 Å². The minimum atomic E-state index is -0.256. The number of aliphatic hydroxyl groups excluding tert-OH is 1. The number of unbranched alkanes of at least 4 members (excludes halogenated alkanes) is 2. The predicted octanol–water partition coefficient (Wildman–Crippen LogP) is 4.06. The van der Waals surface area contributed by atoms with Crippen molar-refractivity contribution in [3.05, 3.63) is 29.3 Å². The molecule has 1 fully saturated rings. The molecule has 0 radical (unpaired) electrons. The molecule has 1 aromatic rings. The van der Waals surface area contributed by atoms with Gasteiger partial charge in [0, 0.05) is 0 Å². The van der Waals surface area contributed by atoms with Crippen molar-refractivity contribution in [2.75, 3.05) is 6.61 Å². The van der Waals surface area contributed by atoms with Crippen molar-refractivity contribution in [2.24, 2.45) is 17.8 Å². The van der Waals surface area contributed by atoms with E-state index in [1.165, 1.54) is 24.0 Å². The van der Waals surface area contributed by atoms with Crippen molar-refractivity contribution >= 4 is 5.97 Å². The molecule has 1 heterocycles. The quantitative estimate of drug-likeness (QED) is 0.579. The van der Waals surface area contributed by atoms with Crippen molar-refractivity contribution in [3.63, 3.8) is 0 Å². The van der Waals surface area contributed by atoms with Crippen LogP contribution in [0.2, 0.25) is 0 Å². The molecule has 0 unspecified atom stereocenters. The maximum atomic E-state index is 12.3. The number of hydrogen-bond acceptors (Lipinski definition) is 4. The standard InChI is InChI=1S/C23H32O4/c1-2-3-4-7-17(24)9-10-18-19-11-15-6-5-8-21-20(15)12-16(19)13-22(18)27-23(25)14-26-21/h5-6,8,16-19,22,24H,2-4,7,9-14H2,1H3/t16-,17+,18+,19-,22+/m0/s1. The van der Waals surface area contributed by atoms with Crippen molar-refractivity contribution in [2.45, 2.75) is 76.9 Å². The largest absolute Gasteiger partial charge is 0.482 e. The summed E-state index contributed by atoms with van der Waals surface area (Å²) in [5.41, 5.74) is 2.67. The Labute approximate surface area is 162 Å². The average Bonchev–Trinajstić information content (AvgIpc) is 2.98. The lowest BCUT2D eigenvalue weighted by molar-refractivity contribution is -0.153. The number of esters is 1. The summed E-state index contributed by atoms with van der Waals surface area (Å²) in [7, 11) is 0. The molecule has 1 aromatic carbocycles. The highest BCUT2D eigenvalue weighted by Crippen LogP contribution is 2.49. The molecule has 2 aliphatic carbocycles. The van der Waals surface area contributed by atoms with Crippen LogP contribution in [0.15, 0.2) is 18.2 Å². The van der Waals surface area contributed by atoms with Crippen LogP contribution in [0.5, 0.6) is 5.75 Å². The third-order valence-corrected chi connectivity index (χ3v) is 6.92. The SMILES string of the molecule is CCCCC[C@@H](O)CC[C@@H]1[C@H]2Cc3cccc4c3C[C@H]2C[C@H]1OC(=O)CO4. The summed E-state index contributed by atoms with van der Waals surface area (Å²) >= 11 is 0. The number of carbonyl (C=O) groups is 1. The van der Waals surface area contributed by atoms with E-state index >= 15 is 0 Å². The lowest BCUT2D eigenvalue weighted by atomic mass is 9.73. The molecule has 3 aliphatic rings. The minimum absolute atomic E-state index is 0.00531. The number of benzene rings is 1. The number of aliphatic hydroxyl groups is 1. The zero-order valence-electron chi connectivity index (χ0n) is 16.4. The normalized spacial score (nSPS) is 29.9. The van der Waals surface area contributed by atoms with E-state index in [4.69, 9.17) is 9.47 Å². The van der Waals surface area contributed by atoms with Gasteiger partial charge in [0.05, 0.1) is 6.10 Å². The molecule has 1 aliphatic heterocycles. The minimum Gasteiger partial charge on any atom is -0.482 e. The maximum absolute atomic E-state index is 12.3. The fourth-order valence-corrected chi connectivity index (χ4v) is 5.55. The first-order valence-electron chi connectivity index (χ1n) is 10.8. The van der Waals surface area contributed by atoms with E-state index in [0.29, 0.717) is 17.8 Å². The van der Waals surface area contributed by atoms with Crippen molar-refractivity contribution in [3.8, 4) is 5.75 Å². The van der Waals surface area contributed by atoms with Gasteiger partial charge >= 0.3 is 5.97 Å². The van der Waals surface area contributed by atoms with Crippen LogP contribution < -0.4 is 4.74 Å². The van der Waals surface area contributed by atoms with Gasteiger partial charge in [-0.05, 0) is 73.5 Å². The molecular formula is C23H32O4. The Balaban J connectivity index is 1.50. The first-order valence-corrected chi connectivity index (χ1v) is 10.8. The number of hydrogen-bond donors (Lipinski definition) is 1. The number of fused-ring (bicyclic) bond motifs is 1. The second-order valence-electron chi connectivity index (χ2n) is 8.67. The molecule has 5 atom stereocenters. The van der Waals surface area contributed by atoms with Crippen molar-refractivity contribution < 1.29 is 19.4 Å². The number of carbonyl (C=O) groups excluding carboxylic acids is 1. The first-order chi connectivity index (χ1) is 13.2. The van der Waals surface area contributed by atoms with Crippen LogP contribution >= 0.6 is 0 Å². The summed E-state index contributed by atoms with van der Waals surface area (Å²) in [6.45, 7) is 2.18. The Morgan fingerprint density at radius 1 is 1.22 bits per heavy atom. The highest BCUT2D eigenvalue weighted by Gasteiger charge is 2.47. The highest BCUT2D eigenvalue weighted by atomic mass is 16.6. The fraction of sp³-hybridized carbons (Fsp3) is 0.696. The Hall–Kier alpha value is -1.55. The summed E-state index contributed by atoms with van der Waals surface area (Å²) in [5, 5.41) is 10.4. The van der Waals surface area contributed by atoms with Gasteiger partial charge < -0.3 is 14.6 Å². The van der Waals surface area contributed by atoms with E-state index in [9.17, 15) is 9.90 Å². The average molecular weight is 373 g/mol. The molecule has 0 aromatic heterocycles. The molecule has 27 heavy (non-hydrogen) atoms. The molecule has 0 amide bonds. The monoisotopic (exact) mass is 372 g/mol. The van der Waals surface area contributed by atoms with Gasteiger partial charge in [-0.3, -0.25) is 0 Å². The summed E-state index contributed by atoms with van der Waals surface area (Å²) in [6, 6.07) is 6.23. The Kier molecular flexibility index (Phi) is 5.72. The summed E-state index contributed by atoms with van der Waals surface area (Å²) in [6.07, 6.45) is 8.90. The van der Waals surface area contributed by atoms with Crippen LogP contribution in [0.25, 0.3) is 0 Å². The number of ether oxygens (including phenoxy) is 2. The van der Waals surface area contributed by atoms with Crippen LogP contribution in [-0.2, 0) is 22.4 Å². The molecule has 3 bridgehead atoms. The molecular weight excluding hydrogens is 340 g/mol. The second-order valence-corrected chi connectivity index (χ2v) is 8.67. The molecule has 1 N–H and O–H groups in total. The van der Waals surface area contributed by atoms with Gasteiger partial charge in [0.1, 0.15) is 11.9 Å². The molecule has 1 saturated carbocycles. The van der Waals surface area contributed by atoms with Crippen molar-refractivity contribution in [1.29, 1.82) is 0 Å². The molecule has 0 saturated heterocycles. The second kappa shape index (κ2) is 8.22. The van der Waals surface area contributed by atoms with Crippen LogP contribution in [0.1, 0.15) is 63.0 Å². The van der Waals surface area contributed by atoms with E-state index in [0.717, 1.165) is 50.7 Å². The van der Waals surface area contributed by atoms with Gasteiger partial charge in [-0.2, -0.15) is 0 Å².